The van der Waals surface area contributed by atoms with Crippen molar-refractivity contribution in [2.45, 2.75) is 13.8 Å². The second-order valence-corrected chi connectivity index (χ2v) is 2.25. The van der Waals surface area contributed by atoms with Gasteiger partial charge in [-0.15, -0.1) is 0 Å². The number of H-pyrrole nitrogens is 1. The predicted octanol–water partition coefficient (Wildman–Crippen LogP) is 2.54. The Morgan fingerprint density at radius 3 is 2.40 bits per heavy atom. The Kier molecular flexibility index (Phi) is 6.80. The van der Waals surface area contributed by atoms with Crippen LogP contribution in [0.25, 0.3) is 10.9 Å². The first-order chi connectivity index (χ1) is 7.38. The van der Waals surface area contributed by atoms with Gasteiger partial charge < -0.3 is 4.98 Å². The lowest BCUT2D eigenvalue weighted by Crippen LogP contribution is -2.05. The Morgan fingerprint density at radius 1 is 1.20 bits per heavy atom. The van der Waals surface area contributed by atoms with Gasteiger partial charge in [0.15, 0.2) is 0 Å². The molecule has 2 aromatic rings. The summed E-state index contributed by atoms with van der Waals surface area (Å²) in [7, 11) is 0.500. The van der Waals surface area contributed by atoms with Crippen LogP contribution < -0.4 is 5.56 Å². The molecule has 0 bridgehead atoms. The Bertz CT molecular complexity index is 434. The van der Waals surface area contributed by atoms with Crippen molar-refractivity contribution in [3.05, 3.63) is 40.9 Å². The van der Waals surface area contributed by atoms with Gasteiger partial charge in [0.05, 0.1) is 24.4 Å². The van der Waals surface area contributed by atoms with Crippen LogP contribution in [-0.2, 0) is 0 Å². The third-order valence-electron chi connectivity index (χ3n) is 1.55. The summed E-state index contributed by atoms with van der Waals surface area (Å²) in [5.41, 5.74) is 0.645. The van der Waals surface area contributed by atoms with E-state index in [-0.39, 0.29) is 5.56 Å². The van der Waals surface area contributed by atoms with Gasteiger partial charge in [0.25, 0.3) is 5.56 Å². The van der Waals surface area contributed by atoms with E-state index in [9.17, 15) is 9.18 Å². The third-order valence-corrected chi connectivity index (χ3v) is 1.55. The lowest BCUT2D eigenvalue weighted by molar-refractivity contribution is 0.636. The molecule has 0 aliphatic heterocycles. The number of nitrogens with one attached hydrogen (secondary N) is 1. The van der Waals surface area contributed by atoms with Crippen LogP contribution >= 0.6 is 0 Å². The van der Waals surface area contributed by atoms with Crippen molar-refractivity contribution in [2.24, 2.45) is 0 Å². The third kappa shape index (κ3) is 3.50. The van der Waals surface area contributed by atoms with E-state index in [1.54, 1.807) is 6.07 Å². The second kappa shape index (κ2) is 7.67. The molecule has 1 N–H and O–H groups in total. The summed E-state index contributed by atoms with van der Waals surface area (Å²) in [5, 5.41) is 0.634. The fourth-order valence-corrected chi connectivity index (χ4v) is 1.02. The first-order valence-corrected chi connectivity index (χ1v) is 4.68. The second-order valence-electron chi connectivity index (χ2n) is 2.25. The van der Waals surface area contributed by atoms with Gasteiger partial charge in [-0.25, -0.2) is 4.98 Å². The molecule has 82 valence electrons. The normalized spacial score (nSPS) is 8.27. The van der Waals surface area contributed by atoms with Crippen molar-refractivity contribution in [1.29, 1.82) is 0 Å². The topological polar surface area (TPSA) is 45.8 Å². The Balaban J connectivity index is 0.000000442. The molecule has 0 aliphatic rings. The highest BCUT2D eigenvalue weighted by molar-refractivity contribution is 5.76. The maximum atomic E-state index is 11.1. The average molecular weight is 210 g/mol. The Hall–Kier alpha value is -1.71. The molecule has 1 aromatic carbocycles. The minimum atomic E-state index is -0.0874. The van der Waals surface area contributed by atoms with Gasteiger partial charge in [-0.05, 0) is 12.1 Å². The number of rotatable bonds is 0. The van der Waals surface area contributed by atoms with E-state index in [4.69, 9.17) is 0 Å². The molecule has 1 heterocycles. The zero-order valence-corrected chi connectivity index (χ0v) is 9.12. The zero-order chi connectivity index (χ0) is 11.7. The van der Waals surface area contributed by atoms with Crippen LogP contribution in [0.4, 0.5) is 4.39 Å². The van der Waals surface area contributed by atoms with E-state index >= 15 is 0 Å². The van der Waals surface area contributed by atoms with E-state index < -0.39 is 0 Å². The van der Waals surface area contributed by atoms with Crippen LogP contribution in [0.5, 0.6) is 0 Å². The number of fused-ring (bicyclic) bond motifs is 1. The van der Waals surface area contributed by atoms with Gasteiger partial charge >= 0.3 is 0 Å². The molecule has 0 unspecified atom stereocenters. The zero-order valence-electron chi connectivity index (χ0n) is 9.12. The van der Waals surface area contributed by atoms with E-state index in [0.29, 0.717) is 12.6 Å². The number of aromatic amines is 1. The minimum absolute atomic E-state index is 0.0874. The lowest BCUT2D eigenvalue weighted by atomic mass is 10.2. The molecule has 0 saturated carbocycles. The average Bonchev–Trinajstić information content (AvgIpc) is 2.35. The molecule has 0 radical (unpaired) electrons. The SMILES string of the molecule is CC.CF.O=c1[nH]cnc2ccccc12. The Labute approximate surface area is 88.0 Å². The van der Waals surface area contributed by atoms with Crippen LogP contribution in [0.15, 0.2) is 35.4 Å². The van der Waals surface area contributed by atoms with Gasteiger partial charge in [0, 0.05) is 0 Å². The number of hydrogen-bond donors (Lipinski definition) is 1. The molecular weight excluding hydrogens is 195 g/mol. The number of nitrogens with zero attached hydrogens (tertiary/aromatic N) is 1. The molecule has 1 aromatic heterocycles. The number of alkyl halides is 1. The molecule has 0 spiro atoms. The van der Waals surface area contributed by atoms with Crippen LogP contribution in [0.2, 0.25) is 0 Å². The van der Waals surface area contributed by atoms with E-state index in [2.05, 4.69) is 9.97 Å². The minimum Gasteiger partial charge on any atom is -0.313 e. The lowest BCUT2D eigenvalue weighted by Gasteiger charge is -1.91. The summed E-state index contributed by atoms with van der Waals surface area (Å²) in [6.45, 7) is 4.00. The van der Waals surface area contributed by atoms with Crippen molar-refractivity contribution in [2.75, 3.05) is 7.18 Å². The van der Waals surface area contributed by atoms with Crippen molar-refractivity contribution in [3.63, 3.8) is 0 Å². The molecular formula is C11H15FN2O. The van der Waals surface area contributed by atoms with Crippen molar-refractivity contribution in [3.8, 4) is 0 Å². The molecule has 0 amide bonds. The number of aromatic nitrogens is 2. The molecule has 4 heteroatoms. The van der Waals surface area contributed by atoms with Crippen molar-refractivity contribution < 1.29 is 4.39 Å². The first kappa shape index (κ1) is 13.3. The molecule has 0 saturated heterocycles. The van der Waals surface area contributed by atoms with Gasteiger partial charge in [-0.3, -0.25) is 9.18 Å². The van der Waals surface area contributed by atoms with Gasteiger partial charge in [-0.2, -0.15) is 0 Å². The largest absolute Gasteiger partial charge is 0.313 e. The molecule has 0 aliphatic carbocycles. The van der Waals surface area contributed by atoms with Gasteiger partial charge in [0.2, 0.25) is 0 Å². The maximum absolute atomic E-state index is 11.1. The first-order valence-electron chi connectivity index (χ1n) is 4.68. The summed E-state index contributed by atoms with van der Waals surface area (Å²) >= 11 is 0. The van der Waals surface area contributed by atoms with Crippen LogP contribution in [0.3, 0.4) is 0 Å². The highest BCUT2D eigenvalue weighted by atomic mass is 19.1. The van der Waals surface area contributed by atoms with Gasteiger partial charge in [-0.1, -0.05) is 26.0 Å². The molecule has 0 atom stereocenters. The summed E-state index contributed by atoms with van der Waals surface area (Å²) in [5.74, 6) is 0. The van der Waals surface area contributed by atoms with Crippen LogP contribution in [0.1, 0.15) is 13.8 Å². The van der Waals surface area contributed by atoms with E-state index in [1.807, 2.05) is 32.0 Å². The number of halogens is 1. The molecule has 15 heavy (non-hydrogen) atoms. The van der Waals surface area contributed by atoms with E-state index in [0.717, 1.165) is 5.52 Å². The van der Waals surface area contributed by atoms with Crippen molar-refractivity contribution >= 4 is 10.9 Å². The quantitative estimate of drug-likeness (QED) is 0.726. The summed E-state index contributed by atoms with van der Waals surface area (Å²) < 4.78 is 9.50. The fraction of sp³-hybridized carbons (Fsp3) is 0.273. The molecule has 0 fully saturated rings. The highest BCUT2D eigenvalue weighted by Gasteiger charge is 1.94. The number of para-hydroxylation sites is 1. The summed E-state index contributed by atoms with van der Waals surface area (Å²) in [4.78, 5) is 17.6. The Morgan fingerprint density at radius 2 is 1.80 bits per heavy atom. The standard InChI is InChI=1S/C8H6N2O.C2H6.CH3F/c11-8-6-3-1-2-4-7(6)9-5-10-8;2*1-2/h1-5H,(H,9,10,11);1-2H3;1H3. The van der Waals surface area contributed by atoms with Crippen LogP contribution in [0, 0.1) is 0 Å². The summed E-state index contributed by atoms with van der Waals surface area (Å²) in [6.07, 6.45) is 1.41. The smallest absolute Gasteiger partial charge is 0.258 e. The monoisotopic (exact) mass is 210 g/mol. The van der Waals surface area contributed by atoms with Gasteiger partial charge in [0.1, 0.15) is 0 Å². The molecule has 3 nitrogen and oxygen atoms in total. The highest BCUT2D eigenvalue weighted by Crippen LogP contribution is 2.02. The maximum Gasteiger partial charge on any atom is 0.258 e. The number of benzene rings is 1. The predicted molar refractivity (Wildman–Crippen MR) is 60.7 cm³/mol. The summed E-state index contributed by atoms with van der Waals surface area (Å²) in [6, 6.07) is 7.24. The number of hydrogen-bond acceptors (Lipinski definition) is 2. The molecule has 2 rings (SSSR count). The van der Waals surface area contributed by atoms with Crippen molar-refractivity contribution in [1.82, 2.24) is 9.97 Å². The fourth-order valence-electron chi connectivity index (χ4n) is 1.02. The van der Waals surface area contributed by atoms with Crippen LogP contribution in [-0.4, -0.2) is 17.1 Å². The van der Waals surface area contributed by atoms with E-state index in [1.165, 1.54) is 6.33 Å².